The number of alkyl halides is 3. The molecule has 4 rings (SSSR count). The fourth-order valence-corrected chi connectivity index (χ4v) is 4.49. The van der Waals surface area contributed by atoms with Crippen molar-refractivity contribution in [2.45, 2.75) is 50.7 Å². The second kappa shape index (κ2) is 10.7. The molecule has 1 saturated heterocycles. The van der Waals surface area contributed by atoms with Crippen LogP contribution in [0.1, 0.15) is 50.3 Å². The minimum Gasteiger partial charge on any atom is -0.382 e. The van der Waals surface area contributed by atoms with Gasteiger partial charge in [-0.3, -0.25) is 4.98 Å². The lowest BCUT2D eigenvalue weighted by Gasteiger charge is -2.40. The number of aromatic nitrogens is 4. The molecule has 0 unspecified atom stereocenters. The first-order chi connectivity index (χ1) is 17.6. The van der Waals surface area contributed by atoms with Crippen LogP contribution in [0.4, 0.5) is 30.5 Å². The highest BCUT2D eigenvalue weighted by atomic mass is 19.4. The molecule has 0 atom stereocenters. The maximum Gasteiger partial charge on any atom is 0.418 e. The van der Waals surface area contributed by atoms with Gasteiger partial charge in [-0.25, -0.2) is 15.0 Å². The molecule has 3 aromatic heterocycles. The van der Waals surface area contributed by atoms with Gasteiger partial charge in [0.1, 0.15) is 17.1 Å². The molecule has 0 radical (unpaired) electrons. The van der Waals surface area contributed by atoms with Crippen LogP contribution in [-0.4, -0.2) is 38.6 Å². The number of hydrogen-bond acceptors (Lipinski definition) is 8. The Hall–Kier alpha value is -3.73. The zero-order valence-electron chi connectivity index (χ0n) is 20.7. The van der Waals surface area contributed by atoms with Crippen molar-refractivity contribution < 1.29 is 13.2 Å². The van der Waals surface area contributed by atoms with E-state index in [9.17, 15) is 13.2 Å². The minimum absolute atomic E-state index is 0.0185. The van der Waals surface area contributed by atoms with E-state index in [1.807, 2.05) is 12.1 Å². The summed E-state index contributed by atoms with van der Waals surface area (Å²) < 4.78 is 40.6. The highest BCUT2D eigenvalue weighted by Gasteiger charge is 2.35. The van der Waals surface area contributed by atoms with Gasteiger partial charge in [0.2, 0.25) is 0 Å². The molecule has 5 N–H and O–H groups in total. The fourth-order valence-electron chi connectivity index (χ4n) is 4.49. The van der Waals surface area contributed by atoms with Gasteiger partial charge in [-0.1, -0.05) is 26.3 Å². The largest absolute Gasteiger partial charge is 0.418 e. The Morgan fingerprint density at radius 3 is 2.54 bits per heavy atom. The van der Waals surface area contributed by atoms with Crippen LogP contribution >= 0.6 is 0 Å². The number of hydrogen-bond donors (Lipinski definition) is 3. The first-order valence-electron chi connectivity index (χ1n) is 12.2. The number of nitrogen functional groups attached to an aromatic ring is 1. The molecule has 0 bridgehead atoms. The molecule has 0 aromatic carbocycles. The Balaban J connectivity index is 1.57. The van der Waals surface area contributed by atoms with Gasteiger partial charge in [0.15, 0.2) is 11.6 Å². The van der Waals surface area contributed by atoms with E-state index in [0.717, 1.165) is 56.9 Å². The Bertz CT molecular complexity index is 1250. The van der Waals surface area contributed by atoms with Crippen LogP contribution in [0.5, 0.6) is 0 Å². The average Bonchev–Trinajstić information content (AvgIpc) is 2.88. The third kappa shape index (κ3) is 5.99. The topological polar surface area (TPSA) is 119 Å². The summed E-state index contributed by atoms with van der Waals surface area (Å²) in [5, 5.41) is 3.14. The van der Waals surface area contributed by atoms with Crippen molar-refractivity contribution in [2.75, 3.05) is 29.0 Å². The molecular formula is C26H31F3N8. The van der Waals surface area contributed by atoms with Gasteiger partial charge < -0.3 is 21.7 Å². The van der Waals surface area contributed by atoms with Crippen molar-refractivity contribution in [3.63, 3.8) is 0 Å². The summed E-state index contributed by atoms with van der Waals surface area (Å²) in [6.45, 7) is 7.74. The summed E-state index contributed by atoms with van der Waals surface area (Å²) in [4.78, 5) is 19.0. The van der Waals surface area contributed by atoms with Gasteiger partial charge in [-0.15, -0.1) is 0 Å². The zero-order valence-corrected chi connectivity index (χ0v) is 20.7. The van der Waals surface area contributed by atoms with Crippen LogP contribution in [0.25, 0.3) is 17.1 Å². The number of halogens is 3. The molecule has 0 amide bonds. The summed E-state index contributed by atoms with van der Waals surface area (Å²) in [7, 11) is 0. The van der Waals surface area contributed by atoms with Crippen molar-refractivity contribution in [3.8, 4) is 11.4 Å². The van der Waals surface area contributed by atoms with E-state index >= 15 is 0 Å². The Morgan fingerprint density at radius 1 is 1.14 bits per heavy atom. The number of rotatable bonds is 8. The van der Waals surface area contributed by atoms with E-state index in [1.165, 1.54) is 18.5 Å². The van der Waals surface area contributed by atoms with Crippen molar-refractivity contribution in [3.05, 3.63) is 60.7 Å². The second-order valence-corrected chi connectivity index (χ2v) is 9.31. The van der Waals surface area contributed by atoms with Gasteiger partial charge in [0.25, 0.3) is 0 Å². The smallest absolute Gasteiger partial charge is 0.382 e. The lowest BCUT2D eigenvalue weighted by Crippen LogP contribution is -2.50. The molecule has 1 fully saturated rings. The van der Waals surface area contributed by atoms with Gasteiger partial charge in [0, 0.05) is 31.0 Å². The summed E-state index contributed by atoms with van der Waals surface area (Å²) >= 11 is 0. The molecule has 0 spiro atoms. The molecule has 1 aliphatic rings. The Labute approximate surface area is 214 Å². The number of piperidine rings is 1. The second-order valence-electron chi connectivity index (χ2n) is 9.31. The van der Waals surface area contributed by atoms with E-state index in [4.69, 9.17) is 11.5 Å². The Morgan fingerprint density at radius 2 is 1.84 bits per heavy atom. The molecular weight excluding hydrogens is 481 g/mol. The number of nitrogens with zero attached hydrogens (tertiary/aromatic N) is 5. The molecule has 37 heavy (non-hydrogen) atoms. The summed E-state index contributed by atoms with van der Waals surface area (Å²) in [6, 6.07) is 5.97. The number of nitrogens with two attached hydrogens (primary N) is 2. The van der Waals surface area contributed by atoms with Crippen LogP contribution < -0.4 is 21.7 Å². The van der Waals surface area contributed by atoms with E-state index in [1.54, 1.807) is 6.20 Å². The van der Waals surface area contributed by atoms with E-state index in [-0.39, 0.29) is 34.1 Å². The van der Waals surface area contributed by atoms with Crippen LogP contribution in [0.2, 0.25) is 0 Å². The van der Waals surface area contributed by atoms with E-state index in [2.05, 4.69) is 43.7 Å². The summed E-state index contributed by atoms with van der Waals surface area (Å²) in [5.41, 5.74) is 12.4. The molecule has 0 saturated carbocycles. The van der Waals surface area contributed by atoms with Gasteiger partial charge in [0.05, 0.1) is 23.1 Å². The molecule has 8 nitrogen and oxygen atoms in total. The first kappa shape index (κ1) is 26.3. The van der Waals surface area contributed by atoms with Crippen molar-refractivity contribution >= 4 is 23.0 Å². The fraction of sp³-hybridized carbons (Fsp3) is 0.385. The minimum atomic E-state index is -4.60. The lowest BCUT2D eigenvalue weighted by molar-refractivity contribution is -0.137. The lowest BCUT2D eigenvalue weighted by atomic mass is 9.84. The molecule has 1 aliphatic heterocycles. The van der Waals surface area contributed by atoms with Crippen LogP contribution in [0.15, 0.2) is 49.4 Å². The average molecular weight is 513 g/mol. The highest BCUT2D eigenvalue weighted by molar-refractivity contribution is 5.82. The number of unbranched alkanes of at least 4 members (excludes halogenated alkanes) is 1. The van der Waals surface area contributed by atoms with Gasteiger partial charge in [-0.2, -0.15) is 13.2 Å². The van der Waals surface area contributed by atoms with Crippen molar-refractivity contribution in [1.82, 2.24) is 19.9 Å². The quantitative estimate of drug-likeness (QED) is 0.381. The number of anilines is 3. The predicted octanol–water partition coefficient (Wildman–Crippen LogP) is 5.11. The summed E-state index contributed by atoms with van der Waals surface area (Å²) in [6.07, 6.45) is 4.46. The Kier molecular flexibility index (Phi) is 7.63. The normalized spacial score (nSPS) is 15.4. The van der Waals surface area contributed by atoms with Gasteiger partial charge in [-0.05, 0) is 43.5 Å². The molecule has 196 valence electrons. The van der Waals surface area contributed by atoms with Crippen LogP contribution in [-0.2, 0) is 6.18 Å². The van der Waals surface area contributed by atoms with Crippen LogP contribution in [0, 0.1) is 0 Å². The SMILES string of the molecule is C=C(Nc1ncccc1N1CCC(N)(CCCC)CC1)c1nc(-c2ncccc2C(F)(F)F)cnc1N. The van der Waals surface area contributed by atoms with Crippen LogP contribution in [0.3, 0.4) is 0 Å². The summed E-state index contributed by atoms with van der Waals surface area (Å²) in [5.74, 6) is 0.552. The maximum atomic E-state index is 13.5. The third-order valence-electron chi connectivity index (χ3n) is 6.63. The molecule has 0 aliphatic carbocycles. The van der Waals surface area contributed by atoms with E-state index < -0.39 is 11.7 Å². The molecule has 4 heterocycles. The highest BCUT2D eigenvalue weighted by Crippen LogP contribution is 2.36. The number of nitrogens with one attached hydrogen (secondary N) is 1. The standard InChI is InChI=1S/C26H31F3N8/c1-3-4-9-25(31)10-14-37(15-11-25)20-8-6-13-33-24(20)35-17(2)21-23(30)34-16-19(36-21)22-18(26(27,28)29)7-5-12-32-22/h5-8,12-13,16H,2-4,9-11,14-15,31H2,1H3,(H2,30,34)(H,33,35). The molecule has 3 aromatic rings. The third-order valence-corrected chi connectivity index (χ3v) is 6.63. The van der Waals surface area contributed by atoms with Crippen molar-refractivity contribution in [1.29, 1.82) is 0 Å². The maximum absolute atomic E-state index is 13.5. The van der Waals surface area contributed by atoms with Crippen molar-refractivity contribution in [2.24, 2.45) is 5.73 Å². The molecule has 11 heteroatoms. The first-order valence-corrected chi connectivity index (χ1v) is 12.2. The monoisotopic (exact) mass is 512 g/mol. The number of pyridine rings is 2. The van der Waals surface area contributed by atoms with E-state index in [0.29, 0.717) is 5.82 Å². The van der Waals surface area contributed by atoms with Gasteiger partial charge >= 0.3 is 6.18 Å². The zero-order chi connectivity index (χ0) is 26.6. The predicted molar refractivity (Wildman–Crippen MR) is 139 cm³/mol.